The molecule has 1 saturated heterocycles. The smallest absolute Gasteiger partial charge is 0.399 e. The fourth-order valence-corrected chi connectivity index (χ4v) is 2.71. The van der Waals surface area contributed by atoms with Crippen molar-refractivity contribution in [2.75, 3.05) is 17.7 Å². The molecule has 126 valence electrons. The van der Waals surface area contributed by atoms with Gasteiger partial charge in [-0.25, -0.2) is 0 Å². The largest absolute Gasteiger partial charge is 0.494 e. The van der Waals surface area contributed by atoms with Gasteiger partial charge in [0.2, 0.25) is 0 Å². The second-order valence-electron chi connectivity index (χ2n) is 7.13. The molecule has 0 bridgehead atoms. The van der Waals surface area contributed by atoms with Crippen LogP contribution in [0.1, 0.15) is 27.7 Å². The molecule has 0 aliphatic carbocycles. The predicted octanol–water partition coefficient (Wildman–Crippen LogP) is 3.77. The molecule has 2 aromatic carbocycles. The average Bonchev–Trinajstić information content (AvgIpc) is 2.76. The third-order valence-electron chi connectivity index (χ3n) is 4.89. The number of hydrogen-bond donors (Lipinski definition) is 2. The lowest BCUT2D eigenvalue weighted by atomic mass is 9.79. The number of benzene rings is 2. The van der Waals surface area contributed by atoms with E-state index in [2.05, 4.69) is 44.4 Å². The molecule has 24 heavy (non-hydrogen) atoms. The lowest BCUT2D eigenvalue weighted by molar-refractivity contribution is 0.00578. The fraction of sp³-hybridized carbons (Fsp3) is 0.368. The van der Waals surface area contributed by atoms with Gasteiger partial charge in [0.25, 0.3) is 0 Å². The van der Waals surface area contributed by atoms with Crippen LogP contribution in [0.3, 0.4) is 0 Å². The topological polar surface area (TPSA) is 42.5 Å². The summed E-state index contributed by atoms with van der Waals surface area (Å²) in [5, 5.41) is 6.65. The standard InChI is InChI=1S/C19H25BN2O2/c1-18(2)19(3,4)24-20(23-18)14-9-8-10-15(13-14)22-17-12-7-6-11-16(17)21-5/h6-13,21-22H,1-5H3. The molecule has 0 amide bonds. The summed E-state index contributed by atoms with van der Waals surface area (Å²) in [6.07, 6.45) is 0. The van der Waals surface area contributed by atoms with E-state index in [0.717, 1.165) is 22.5 Å². The highest BCUT2D eigenvalue weighted by atomic mass is 16.7. The van der Waals surface area contributed by atoms with Crippen LogP contribution in [0.2, 0.25) is 0 Å². The van der Waals surface area contributed by atoms with Crippen molar-refractivity contribution in [3.05, 3.63) is 48.5 Å². The Morgan fingerprint density at radius 1 is 0.833 bits per heavy atom. The van der Waals surface area contributed by atoms with Crippen molar-refractivity contribution >= 4 is 29.6 Å². The Bertz CT molecular complexity index is 715. The normalized spacial score (nSPS) is 18.5. The minimum Gasteiger partial charge on any atom is -0.399 e. The molecule has 1 heterocycles. The molecule has 0 aromatic heterocycles. The summed E-state index contributed by atoms with van der Waals surface area (Å²) in [5.41, 5.74) is 3.44. The molecule has 1 fully saturated rings. The zero-order chi connectivity index (χ0) is 17.4. The Kier molecular flexibility index (Phi) is 4.32. The van der Waals surface area contributed by atoms with E-state index in [1.54, 1.807) is 0 Å². The van der Waals surface area contributed by atoms with Gasteiger partial charge in [0.15, 0.2) is 0 Å². The van der Waals surface area contributed by atoms with Gasteiger partial charge < -0.3 is 19.9 Å². The third-order valence-corrected chi connectivity index (χ3v) is 4.89. The van der Waals surface area contributed by atoms with Crippen LogP contribution in [-0.4, -0.2) is 25.4 Å². The van der Waals surface area contributed by atoms with Crippen molar-refractivity contribution in [2.45, 2.75) is 38.9 Å². The van der Waals surface area contributed by atoms with Crippen molar-refractivity contribution in [3.8, 4) is 0 Å². The molecule has 0 saturated carbocycles. The Hall–Kier alpha value is -1.98. The molecule has 2 N–H and O–H groups in total. The van der Waals surface area contributed by atoms with Crippen molar-refractivity contribution in [1.29, 1.82) is 0 Å². The SMILES string of the molecule is CNc1ccccc1Nc1cccc(B2OC(C)(C)C(C)(C)O2)c1. The van der Waals surface area contributed by atoms with Crippen LogP contribution in [0.15, 0.2) is 48.5 Å². The van der Waals surface area contributed by atoms with Crippen LogP contribution in [0, 0.1) is 0 Å². The molecule has 1 aliphatic rings. The summed E-state index contributed by atoms with van der Waals surface area (Å²) < 4.78 is 12.3. The first-order valence-electron chi connectivity index (χ1n) is 8.32. The Morgan fingerprint density at radius 3 is 2.08 bits per heavy atom. The first-order chi connectivity index (χ1) is 11.3. The van der Waals surface area contributed by atoms with E-state index in [9.17, 15) is 0 Å². The summed E-state index contributed by atoms with van der Waals surface area (Å²) in [6.45, 7) is 8.27. The summed E-state index contributed by atoms with van der Waals surface area (Å²) >= 11 is 0. The molecule has 5 heteroatoms. The quantitative estimate of drug-likeness (QED) is 0.840. The van der Waals surface area contributed by atoms with Crippen LogP contribution in [0.5, 0.6) is 0 Å². The Morgan fingerprint density at radius 2 is 1.46 bits per heavy atom. The van der Waals surface area contributed by atoms with Gasteiger partial charge >= 0.3 is 7.12 Å². The molecule has 3 rings (SSSR count). The highest BCUT2D eigenvalue weighted by Gasteiger charge is 2.51. The van der Waals surface area contributed by atoms with Crippen LogP contribution >= 0.6 is 0 Å². The van der Waals surface area contributed by atoms with Crippen molar-refractivity contribution in [1.82, 2.24) is 0 Å². The predicted molar refractivity (Wildman–Crippen MR) is 101 cm³/mol. The van der Waals surface area contributed by atoms with Gasteiger partial charge in [0.1, 0.15) is 0 Å². The van der Waals surface area contributed by atoms with E-state index < -0.39 is 0 Å². The first kappa shape index (κ1) is 16.9. The average molecular weight is 324 g/mol. The minimum absolute atomic E-state index is 0.334. The molecule has 4 nitrogen and oxygen atoms in total. The number of rotatable bonds is 4. The van der Waals surface area contributed by atoms with Crippen LogP contribution < -0.4 is 16.1 Å². The van der Waals surface area contributed by atoms with Crippen LogP contribution in [-0.2, 0) is 9.31 Å². The maximum atomic E-state index is 6.14. The zero-order valence-corrected chi connectivity index (χ0v) is 15.0. The van der Waals surface area contributed by atoms with Crippen molar-refractivity contribution in [2.24, 2.45) is 0 Å². The van der Waals surface area contributed by atoms with E-state index in [4.69, 9.17) is 9.31 Å². The highest BCUT2D eigenvalue weighted by molar-refractivity contribution is 6.62. The van der Waals surface area contributed by atoms with Gasteiger partial charge in [-0.2, -0.15) is 0 Å². The minimum atomic E-state index is -0.351. The van der Waals surface area contributed by atoms with E-state index in [1.807, 2.05) is 49.5 Å². The molecule has 2 aromatic rings. The highest BCUT2D eigenvalue weighted by Crippen LogP contribution is 2.36. The van der Waals surface area contributed by atoms with Gasteiger partial charge in [-0.1, -0.05) is 24.3 Å². The third kappa shape index (κ3) is 3.14. The second kappa shape index (κ2) is 6.15. The first-order valence-corrected chi connectivity index (χ1v) is 8.32. The maximum absolute atomic E-state index is 6.14. The molecular weight excluding hydrogens is 299 g/mol. The van der Waals surface area contributed by atoms with E-state index in [1.165, 1.54) is 0 Å². The molecule has 0 unspecified atom stereocenters. The van der Waals surface area contributed by atoms with Gasteiger partial charge in [0.05, 0.1) is 22.6 Å². The zero-order valence-electron chi connectivity index (χ0n) is 15.0. The molecule has 0 radical (unpaired) electrons. The summed E-state index contributed by atoms with van der Waals surface area (Å²) in [4.78, 5) is 0. The van der Waals surface area contributed by atoms with E-state index >= 15 is 0 Å². The molecule has 0 spiro atoms. The van der Waals surface area contributed by atoms with Crippen molar-refractivity contribution < 1.29 is 9.31 Å². The van der Waals surface area contributed by atoms with Gasteiger partial charge in [-0.05, 0) is 57.4 Å². The van der Waals surface area contributed by atoms with Gasteiger partial charge in [-0.15, -0.1) is 0 Å². The van der Waals surface area contributed by atoms with Crippen LogP contribution in [0.25, 0.3) is 0 Å². The molecular formula is C19H25BN2O2. The maximum Gasteiger partial charge on any atom is 0.494 e. The van der Waals surface area contributed by atoms with E-state index in [-0.39, 0.29) is 18.3 Å². The van der Waals surface area contributed by atoms with Gasteiger partial charge in [-0.3, -0.25) is 0 Å². The van der Waals surface area contributed by atoms with E-state index in [0.29, 0.717) is 0 Å². The Labute approximate surface area is 144 Å². The summed E-state index contributed by atoms with van der Waals surface area (Å²) in [7, 11) is 1.57. The Balaban J connectivity index is 1.83. The summed E-state index contributed by atoms with van der Waals surface area (Å²) in [6, 6.07) is 16.3. The van der Waals surface area contributed by atoms with Crippen molar-refractivity contribution in [3.63, 3.8) is 0 Å². The molecule has 0 atom stereocenters. The fourth-order valence-electron chi connectivity index (χ4n) is 2.71. The second-order valence-corrected chi connectivity index (χ2v) is 7.13. The van der Waals surface area contributed by atoms with Crippen LogP contribution in [0.4, 0.5) is 17.1 Å². The lowest BCUT2D eigenvalue weighted by Gasteiger charge is -2.32. The molecule has 1 aliphatic heterocycles. The van der Waals surface area contributed by atoms with Gasteiger partial charge in [0, 0.05) is 12.7 Å². The number of nitrogens with one attached hydrogen (secondary N) is 2. The number of hydrogen-bond acceptors (Lipinski definition) is 4. The monoisotopic (exact) mass is 324 g/mol. The summed E-state index contributed by atoms with van der Waals surface area (Å²) in [5.74, 6) is 0. The lowest BCUT2D eigenvalue weighted by Crippen LogP contribution is -2.41. The number of para-hydroxylation sites is 2. The number of anilines is 3.